The van der Waals surface area contributed by atoms with Crippen molar-refractivity contribution in [1.29, 1.82) is 0 Å². The Hall–Kier alpha value is 0.288. The van der Waals surface area contributed by atoms with Gasteiger partial charge in [-0.05, 0) is 71.8 Å². The van der Waals surface area contributed by atoms with E-state index in [-0.39, 0.29) is 0 Å². The number of hydrogen-bond acceptors (Lipinski definition) is 4. The van der Waals surface area contributed by atoms with Crippen LogP contribution in [0.25, 0.3) is 0 Å². The number of allylic oxidation sites excluding steroid dienone is 1. The van der Waals surface area contributed by atoms with Gasteiger partial charge in [-0.2, -0.15) is 0 Å². The van der Waals surface area contributed by atoms with Crippen molar-refractivity contribution in [2.24, 2.45) is 0 Å². The molecule has 0 fully saturated rings. The highest BCUT2D eigenvalue weighted by Gasteiger charge is 2.49. The molecule has 0 aromatic heterocycles. The summed E-state index contributed by atoms with van der Waals surface area (Å²) in [6.07, 6.45) is 5.72. The molecule has 24 heavy (non-hydrogen) atoms. The van der Waals surface area contributed by atoms with E-state index < -0.39 is 33.8 Å². The summed E-state index contributed by atoms with van der Waals surface area (Å²) in [6.45, 7) is 22.8. The Morgan fingerprint density at radius 2 is 1.12 bits per heavy atom. The fourth-order valence-corrected chi connectivity index (χ4v) is 16.8. The van der Waals surface area contributed by atoms with Crippen LogP contribution in [0.5, 0.6) is 0 Å². The average Bonchev–Trinajstić information content (AvgIpc) is 2.26. The normalized spacial score (nSPS) is 14.4. The van der Waals surface area contributed by atoms with Crippen molar-refractivity contribution in [3.05, 3.63) is 12.3 Å². The van der Waals surface area contributed by atoms with Gasteiger partial charge in [-0.15, -0.1) is 0 Å². The predicted molar refractivity (Wildman–Crippen MR) is 114 cm³/mol. The molecule has 8 heteroatoms. The van der Waals surface area contributed by atoms with E-state index in [1.54, 1.807) is 6.26 Å². The monoisotopic (exact) mass is 408 g/mol. The molecule has 0 heterocycles. The van der Waals surface area contributed by atoms with E-state index >= 15 is 0 Å². The van der Waals surface area contributed by atoms with Gasteiger partial charge in [0.2, 0.25) is 0 Å². The zero-order chi connectivity index (χ0) is 19.1. The Balaban J connectivity index is 5.20. The van der Waals surface area contributed by atoms with E-state index in [4.69, 9.17) is 17.1 Å². The van der Waals surface area contributed by atoms with Gasteiger partial charge in [0.25, 0.3) is 0 Å². The van der Waals surface area contributed by atoms with Gasteiger partial charge in [-0.25, -0.2) is 0 Å². The fraction of sp³-hybridized carbons (Fsp3) is 0.875. The van der Waals surface area contributed by atoms with E-state index in [1.807, 2.05) is 6.08 Å². The first-order chi connectivity index (χ1) is 10.7. The highest BCUT2D eigenvalue weighted by atomic mass is 28.5. The van der Waals surface area contributed by atoms with E-state index in [2.05, 4.69) is 65.8 Å². The predicted octanol–water partition coefficient (Wildman–Crippen LogP) is 5.81. The fourth-order valence-electron chi connectivity index (χ4n) is 2.22. The summed E-state index contributed by atoms with van der Waals surface area (Å²) in [6, 6.07) is 0.839. The number of rotatable bonds is 12. The second-order valence-electron chi connectivity index (χ2n) is 9.08. The lowest BCUT2D eigenvalue weighted by Gasteiger charge is -2.42. The number of hydrogen-bond donors (Lipinski definition) is 0. The molecule has 0 aromatic carbocycles. The van der Waals surface area contributed by atoms with Gasteiger partial charge in [0.15, 0.2) is 25.0 Å². The zero-order valence-corrected chi connectivity index (χ0v) is 21.6. The van der Waals surface area contributed by atoms with Crippen LogP contribution in [0.3, 0.4) is 0 Å². The Bertz CT molecular complexity index is 340. The lowest BCUT2D eigenvalue weighted by molar-refractivity contribution is 0.222. The molecule has 0 radical (unpaired) electrons. The molecule has 0 amide bonds. The van der Waals surface area contributed by atoms with Crippen LogP contribution in [-0.2, 0) is 17.1 Å². The minimum absolute atomic E-state index is 0.685. The van der Waals surface area contributed by atoms with Crippen molar-refractivity contribution < 1.29 is 17.1 Å². The van der Waals surface area contributed by atoms with Gasteiger partial charge < -0.3 is 17.1 Å². The van der Waals surface area contributed by atoms with Crippen LogP contribution in [0.15, 0.2) is 12.3 Å². The maximum absolute atomic E-state index is 6.63. The Morgan fingerprint density at radius 3 is 1.46 bits per heavy atom. The summed E-state index contributed by atoms with van der Waals surface area (Å²) in [5.74, 6) is 0. The molecule has 0 rings (SSSR count). The van der Waals surface area contributed by atoms with E-state index in [0.717, 1.165) is 18.9 Å². The molecule has 4 nitrogen and oxygen atoms in total. The maximum atomic E-state index is 6.63. The summed E-state index contributed by atoms with van der Waals surface area (Å²) in [4.78, 5) is 0. The van der Waals surface area contributed by atoms with Gasteiger partial charge in [-0.3, -0.25) is 0 Å². The lowest BCUT2D eigenvalue weighted by atomic mass is 10.5. The summed E-state index contributed by atoms with van der Waals surface area (Å²) in [7, 11) is -8.01. The molecule has 0 aliphatic carbocycles. The van der Waals surface area contributed by atoms with E-state index in [9.17, 15) is 0 Å². The first-order valence-corrected chi connectivity index (χ1v) is 21.2. The maximum Gasteiger partial charge on any atom is 0.469 e. The first-order valence-electron chi connectivity index (χ1n) is 9.05. The van der Waals surface area contributed by atoms with Crippen molar-refractivity contribution in [3.8, 4) is 0 Å². The van der Waals surface area contributed by atoms with Crippen LogP contribution < -0.4 is 0 Å². The quantitative estimate of drug-likeness (QED) is 0.232. The third kappa shape index (κ3) is 13.6. The Morgan fingerprint density at radius 1 is 0.708 bits per heavy atom. The Labute approximate surface area is 154 Å². The van der Waals surface area contributed by atoms with E-state index in [0.29, 0.717) is 6.61 Å². The van der Waals surface area contributed by atoms with Gasteiger partial charge in [-0.1, -0.05) is 13.0 Å². The van der Waals surface area contributed by atoms with Gasteiger partial charge >= 0.3 is 8.80 Å². The Kier molecular flexibility index (Phi) is 9.96. The average molecular weight is 409 g/mol. The largest absolute Gasteiger partial charge is 0.502 e. The lowest BCUT2D eigenvalue weighted by Crippen LogP contribution is -2.60. The number of ether oxygens (including phenoxy) is 1. The topological polar surface area (TPSA) is 36.9 Å². The van der Waals surface area contributed by atoms with Crippen LogP contribution in [0.1, 0.15) is 19.8 Å². The zero-order valence-electron chi connectivity index (χ0n) is 17.6. The van der Waals surface area contributed by atoms with Crippen molar-refractivity contribution in [2.75, 3.05) is 6.61 Å². The summed E-state index contributed by atoms with van der Waals surface area (Å²) < 4.78 is 25.5. The molecular formula is C16H40O4Si4. The van der Waals surface area contributed by atoms with Gasteiger partial charge in [0.1, 0.15) is 0 Å². The van der Waals surface area contributed by atoms with Crippen LogP contribution in [-0.4, -0.2) is 40.4 Å². The SMILES string of the molecule is CCC=COCCC[Si](O[Si](C)(C)C)(O[Si](C)(C)C)O[Si](C)(C)C. The van der Waals surface area contributed by atoms with Crippen LogP contribution in [0, 0.1) is 0 Å². The molecular weight excluding hydrogens is 369 g/mol. The van der Waals surface area contributed by atoms with Gasteiger partial charge in [0.05, 0.1) is 12.9 Å². The minimum atomic E-state index is -2.69. The smallest absolute Gasteiger partial charge is 0.469 e. The third-order valence-electron chi connectivity index (χ3n) is 2.56. The molecule has 0 N–H and O–H groups in total. The molecule has 0 aliphatic rings. The van der Waals surface area contributed by atoms with Crippen molar-refractivity contribution in [2.45, 2.75) is 84.7 Å². The highest BCUT2D eigenvalue weighted by Crippen LogP contribution is 2.29. The third-order valence-corrected chi connectivity index (χ3v) is 14.6. The molecule has 0 atom stereocenters. The second-order valence-corrected chi connectivity index (χ2v) is 26.1. The highest BCUT2D eigenvalue weighted by molar-refractivity contribution is 6.90. The molecule has 0 aromatic rings. The van der Waals surface area contributed by atoms with Crippen molar-refractivity contribution in [3.63, 3.8) is 0 Å². The van der Waals surface area contributed by atoms with Crippen LogP contribution in [0.2, 0.25) is 65.0 Å². The minimum Gasteiger partial charge on any atom is -0.502 e. The first kappa shape index (κ1) is 24.3. The molecule has 0 unspecified atom stereocenters. The molecule has 0 saturated carbocycles. The van der Waals surface area contributed by atoms with Crippen molar-refractivity contribution in [1.82, 2.24) is 0 Å². The molecule has 0 saturated heterocycles. The van der Waals surface area contributed by atoms with Gasteiger partial charge in [0, 0.05) is 6.04 Å². The molecule has 144 valence electrons. The van der Waals surface area contributed by atoms with E-state index in [1.165, 1.54) is 0 Å². The summed E-state index contributed by atoms with van der Waals surface area (Å²) in [5, 5.41) is 0. The molecule has 0 bridgehead atoms. The summed E-state index contributed by atoms with van der Waals surface area (Å²) >= 11 is 0. The standard InChI is InChI=1S/C16H40O4Si4/c1-11-12-14-17-15-13-16-24(18-21(2,3)4,19-22(5,6)7)20-23(8,9)10/h12,14H,11,13,15-16H2,1-10H3. The van der Waals surface area contributed by atoms with Crippen LogP contribution >= 0.6 is 0 Å². The molecule has 0 aliphatic heterocycles. The van der Waals surface area contributed by atoms with Crippen molar-refractivity contribution >= 4 is 33.8 Å². The molecule has 0 spiro atoms. The summed E-state index contributed by atoms with van der Waals surface area (Å²) in [5.41, 5.74) is 0. The second kappa shape index (κ2) is 9.84. The van der Waals surface area contributed by atoms with Crippen LogP contribution in [0.4, 0.5) is 0 Å².